The highest BCUT2D eigenvalue weighted by atomic mass is 14.9. The lowest BCUT2D eigenvalue weighted by molar-refractivity contribution is 0.652. The number of pyridine rings is 2. The van der Waals surface area contributed by atoms with Gasteiger partial charge in [0.15, 0.2) is 0 Å². The van der Waals surface area contributed by atoms with Crippen LogP contribution in [0, 0.1) is 5.92 Å². The largest absolute Gasteiger partial charge is 0.308 e. The fraction of sp³-hybridized carbons (Fsp3) is 0.114. The van der Waals surface area contributed by atoms with Crippen LogP contribution in [0.1, 0.15) is 19.4 Å². The average molecular weight is 475 g/mol. The molecule has 0 saturated heterocycles. The monoisotopic (exact) mass is 474 g/mol. The second-order valence-corrected chi connectivity index (χ2v) is 10.7. The molecule has 2 nitrogen and oxygen atoms in total. The molecule has 0 aliphatic heterocycles. The van der Waals surface area contributed by atoms with E-state index in [0.717, 1.165) is 11.9 Å². The molecule has 3 heterocycles. The second kappa shape index (κ2) is 7.54. The van der Waals surface area contributed by atoms with Crippen molar-refractivity contribution in [3.05, 3.63) is 109 Å². The van der Waals surface area contributed by atoms with Gasteiger partial charge in [0.1, 0.15) is 0 Å². The molecule has 0 aliphatic rings. The Morgan fingerprint density at radius 2 is 1.51 bits per heavy atom. The summed E-state index contributed by atoms with van der Waals surface area (Å²) in [4.78, 5) is 5.03. The number of hydrogen-bond acceptors (Lipinski definition) is 1. The summed E-state index contributed by atoms with van der Waals surface area (Å²) in [6, 6.07) is 35.5. The molecule has 0 atom stereocenters. The van der Waals surface area contributed by atoms with Gasteiger partial charge in [-0.3, -0.25) is 4.98 Å². The minimum absolute atomic E-state index is 0.535. The van der Waals surface area contributed by atoms with Crippen molar-refractivity contribution in [1.82, 2.24) is 9.38 Å². The summed E-state index contributed by atoms with van der Waals surface area (Å²) in [5.41, 5.74) is 8.90. The lowest BCUT2D eigenvalue weighted by atomic mass is 9.92. The van der Waals surface area contributed by atoms with Gasteiger partial charge in [0.2, 0.25) is 0 Å². The van der Waals surface area contributed by atoms with Crippen LogP contribution in [-0.4, -0.2) is 9.38 Å². The number of aromatic nitrogens is 2. The van der Waals surface area contributed by atoms with Gasteiger partial charge in [-0.2, -0.15) is 0 Å². The van der Waals surface area contributed by atoms with Gasteiger partial charge in [-0.1, -0.05) is 92.7 Å². The first kappa shape index (κ1) is 20.7. The minimum atomic E-state index is 0.535. The lowest BCUT2D eigenvalue weighted by Crippen LogP contribution is -2.02. The van der Waals surface area contributed by atoms with Crippen molar-refractivity contribution in [2.75, 3.05) is 0 Å². The summed E-state index contributed by atoms with van der Waals surface area (Å²) in [5.74, 6) is 0.535. The molecular weight excluding hydrogens is 448 g/mol. The zero-order valence-electron chi connectivity index (χ0n) is 21.0. The molecule has 0 fully saturated rings. The summed E-state index contributed by atoms with van der Waals surface area (Å²) >= 11 is 0. The minimum Gasteiger partial charge on any atom is -0.308 e. The van der Waals surface area contributed by atoms with Crippen LogP contribution in [0.15, 0.2) is 103 Å². The molecule has 0 radical (unpaired) electrons. The van der Waals surface area contributed by atoms with Crippen LogP contribution in [0.5, 0.6) is 0 Å². The molecular formula is C35H26N2. The molecule has 0 N–H and O–H groups in total. The first-order chi connectivity index (χ1) is 18.2. The van der Waals surface area contributed by atoms with E-state index in [9.17, 15) is 0 Å². The van der Waals surface area contributed by atoms with Crippen LogP contribution >= 0.6 is 0 Å². The Morgan fingerprint density at radius 1 is 0.676 bits per heavy atom. The molecule has 5 aromatic carbocycles. The molecule has 3 aromatic heterocycles. The quantitative estimate of drug-likeness (QED) is 0.184. The molecule has 0 amide bonds. The van der Waals surface area contributed by atoms with Gasteiger partial charge in [-0.25, -0.2) is 0 Å². The van der Waals surface area contributed by atoms with Crippen molar-refractivity contribution >= 4 is 59.8 Å². The van der Waals surface area contributed by atoms with Crippen LogP contribution in [0.3, 0.4) is 0 Å². The molecule has 2 heteroatoms. The van der Waals surface area contributed by atoms with Crippen molar-refractivity contribution in [1.29, 1.82) is 0 Å². The van der Waals surface area contributed by atoms with E-state index in [-0.39, 0.29) is 0 Å². The highest BCUT2D eigenvalue weighted by Crippen LogP contribution is 2.45. The van der Waals surface area contributed by atoms with Crippen molar-refractivity contribution in [2.24, 2.45) is 5.92 Å². The predicted molar refractivity (Wildman–Crippen MR) is 158 cm³/mol. The first-order valence-corrected chi connectivity index (χ1v) is 13.2. The Bertz CT molecular complexity index is 2130. The molecule has 8 aromatic rings. The van der Waals surface area contributed by atoms with E-state index in [1.807, 2.05) is 6.20 Å². The van der Waals surface area contributed by atoms with Crippen molar-refractivity contribution in [3.63, 3.8) is 0 Å². The second-order valence-electron chi connectivity index (χ2n) is 10.7. The SMILES string of the molecule is CC(C)Cc1c2ccccc2cc2c3nccc4ccc5c6c(-c7ccccc7)cccc6n(c12)c5c43. The van der Waals surface area contributed by atoms with Gasteiger partial charge < -0.3 is 4.40 Å². The van der Waals surface area contributed by atoms with Gasteiger partial charge in [-0.15, -0.1) is 0 Å². The van der Waals surface area contributed by atoms with Gasteiger partial charge >= 0.3 is 0 Å². The third-order valence-electron chi connectivity index (χ3n) is 7.98. The summed E-state index contributed by atoms with van der Waals surface area (Å²) in [5, 5.41) is 8.98. The fourth-order valence-corrected chi connectivity index (χ4v) is 6.57. The molecule has 8 rings (SSSR count). The standard InChI is InChI=1S/C35H26N2/c1-21(2)19-28-25-12-7-6-11-24(25)20-29-33-31-23(17-18-36-33)15-16-27-32-26(22-9-4-3-5-10-22)13-8-14-30(32)37(34(28)29)35(27)31/h3-18,20-21H,19H2,1-2H3. The smallest absolute Gasteiger partial charge is 0.0823 e. The van der Waals surface area contributed by atoms with E-state index in [1.165, 1.54) is 70.9 Å². The van der Waals surface area contributed by atoms with Crippen LogP contribution in [0.2, 0.25) is 0 Å². The van der Waals surface area contributed by atoms with E-state index in [0.29, 0.717) is 5.92 Å². The van der Waals surface area contributed by atoms with E-state index in [4.69, 9.17) is 4.98 Å². The summed E-state index contributed by atoms with van der Waals surface area (Å²) in [6.45, 7) is 4.64. The molecule has 176 valence electrons. The molecule has 0 unspecified atom stereocenters. The normalized spacial score (nSPS) is 12.4. The van der Waals surface area contributed by atoms with E-state index in [2.05, 4.69) is 115 Å². The zero-order valence-corrected chi connectivity index (χ0v) is 21.0. The number of fused-ring (bicyclic) bond motifs is 7. The molecule has 0 bridgehead atoms. The third-order valence-corrected chi connectivity index (χ3v) is 7.98. The van der Waals surface area contributed by atoms with Gasteiger partial charge in [0.05, 0.1) is 22.1 Å². The van der Waals surface area contributed by atoms with Crippen molar-refractivity contribution < 1.29 is 0 Å². The topological polar surface area (TPSA) is 17.3 Å². The maximum absolute atomic E-state index is 5.03. The number of nitrogens with zero attached hydrogens (tertiary/aromatic N) is 2. The predicted octanol–water partition coefficient (Wildman–Crippen LogP) is 9.40. The highest BCUT2D eigenvalue weighted by Gasteiger charge is 2.23. The van der Waals surface area contributed by atoms with Crippen LogP contribution < -0.4 is 0 Å². The van der Waals surface area contributed by atoms with E-state index >= 15 is 0 Å². The summed E-state index contributed by atoms with van der Waals surface area (Å²) in [7, 11) is 0. The summed E-state index contributed by atoms with van der Waals surface area (Å²) < 4.78 is 2.56. The number of rotatable bonds is 3. The first-order valence-electron chi connectivity index (χ1n) is 13.2. The van der Waals surface area contributed by atoms with Gasteiger partial charge in [0, 0.05) is 27.7 Å². The van der Waals surface area contributed by atoms with Crippen molar-refractivity contribution in [2.45, 2.75) is 20.3 Å². The Kier molecular flexibility index (Phi) is 4.22. The Labute approximate surface area is 215 Å². The Morgan fingerprint density at radius 3 is 2.38 bits per heavy atom. The fourth-order valence-electron chi connectivity index (χ4n) is 6.57. The number of hydrogen-bond donors (Lipinski definition) is 0. The molecule has 37 heavy (non-hydrogen) atoms. The van der Waals surface area contributed by atoms with Crippen LogP contribution in [0.4, 0.5) is 0 Å². The number of benzene rings is 5. The van der Waals surface area contributed by atoms with E-state index in [1.54, 1.807) is 0 Å². The maximum Gasteiger partial charge on any atom is 0.0823 e. The highest BCUT2D eigenvalue weighted by molar-refractivity contribution is 6.30. The lowest BCUT2D eigenvalue weighted by Gasteiger charge is -2.18. The zero-order chi connectivity index (χ0) is 24.7. The molecule has 0 aliphatic carbocycles. The Balaban J connectivity index is 1.72. The third kappa shape index (κ3) is 2.78. The van der Waals surface area contributed by atoms with Crippen molar-refractivity contribution in [3.8, 4) is 11.1 Å². The van der Waals surface area contributed by atoms with Crippen LogP contribution in [-0.2, 0) is 6.42 Å². The molecule has 0 saturated carbocycles. The van der Waals surface area contributed by atoms with Gasteiger partial charge in [0.25, 0.3) is 0 Å². The molecule has 0 spiro atoms. The van der Waals surface area contributed by atoms with E-state index < -0.39 is 0 Å². The van der Waals surface area contributed by atoms with Crippen LogP contribution in [0.25, 0.3) is 70.9 Å². The summed E-state index contributed by atoms with van der Waals surface area (Å²) in [6.07, 6.45) is 2.99. The maximum atomic E-state index is 5.03. The van der Waals surface area contributed by atoms with Gasteiger partial charge in [-0.05, 0) is 63.4 Å². The Hall–Kier alpha value is -4.43. The average Bonchev–Trinajstić information content (AvgIpc) is 3.28.